The first-order valence-corrected chi connectivity index (χ1v) is 9.93. The summed E-state index contributed by atoms with van der Waals surface area (Å²) >= 11 is 0. The van der Waals surface area contributed by atoms with Crippen LogP contribution in [0, 0.1) is 23.2 Å². The Morgan fingerprint density at radius 2 is 2.00 bits per heavy atom. The van der Waals surface area contributed by atoms with E-state index in [9.17, 15) is 4.79 Å². The van der Waals surface area contributed by atoms with Gasteiger partial charge in [-0.15, -0.1) is 0 Å². The van der Waals surface area contributed by atoms with Gasteiger partial charge < -0.3 is 10.5 Å². The Morgan fingerprint density at radius 3 is 2.62 bits per heavy atom. The molecule has 136 valence electrons. The van der Waals surface area contributed by atoms with E-state index in [0.717, 1.165) is 18.3 Å². The Balaban J connectivity index is 1.60. The zero-order valence-electron chi connectivity index (χ0n) is 15.8. The summed E-state index contributed by atoms with van der Waals surface area (Å²) < 4.78 is 5.55. The highest BCUT2D eigenvalue weighted by molar-refractivity contribution is 5.71. The van der Waals surface area contributed by atoms with Crippen molar-refractivity contribution in [1.82, 2.24) is 0 Å². The van der Waals surface area contributed by atoms with Gasteiger partial charge in [-0.25, -0.2) is 0 Å². The van der Waals surface area contributed by atoms with Gasteiger partial charge in [0.2, 0.25) is 0 Å². The summed E-state index contributed by atoms with van der Waals surface area (Å²) in [6.45, 7) is 6.39. The van der Waals surface area contributed by atoms with E-state index in [0.29, 0.717) is 18.9 Å². The third kappa shape index (κ3) is 3.87. The molecule has 0 aromatic carbocycles. The van der Waals surface area contributed by atoms with Crippen LogP contribution in [-0.2, 0) is 9.53 Å². The molecule has 0 radical (unpaired) electrons. The summed E-state index contributed by atoms with van der Waals surface area (Å²) in [6.07, 6.45) is 13.7. The van der Waals surface area contributed by atoms with Crippen LogP contribution in [0.3, 0.4) is 0 Å². The molecule has 3 heteroatoms. The van der Waals surface area contributed by atoms with E-state index in [1.165, 1.54) is 44.9 Å². The van der Waals surface area contributed by atoms with Gasteiger partial charge in [0.25, 0.3) is 0 Å². The van der Waals surface area contributed by atoms with Crippen LogP contribution in [0.4, 0.5) is 0 Å². The van der Waals surface area contributed by atoms with Crippen molar-refractivity contribution in [2.24, 2.45) is 28.9 Å². The summed E-state index contributed by atoms with van der Waals surface area (Å²) in [5.41, 5.74) is 7.33. The van der Waals surface area contributed by atoms with Gasteiger partial charge in [-0.3, -0.25) is 4.79 Å². The summed E-state index contributed by atoms with van der Waals surface area (Å²) in [6, 6.07) is 0. The summed E-state index contributed by atoms with van der Waals surface area (Å²) in [5.74, 6) is 2.06. The fourth-order valence-corrected chi connectivity index (χ4v) is 5.36. The molecule has 3 nitrogen and oxygen atoms in total. The van der Waals surface area contributed by atoms with E-state index in [1.807, 2.05) is 20.8 Å². The van der Waals surface area contributed by atoms with Crippen LogP contribution in [0.25, 0.3) is 0 Å². The number of allylic oxidation sites excluding steroid dienone is 2. The van der Waals surface area contributed by atoms with E-state index >= 15 is 0 Å². The van der Waals surface area contributed by atoms with Gasteiger partial charge in [0.05, 0.1) is 6.42 Å². The van der Waals surface area contributed by atoms with Gasteiger partial charge in [0, 0.05) is 0 Å². The highest BCUT2D eigenvalue weighted by Crippen LogP contribution is 2.60. The molecule has 0 bridgehead atoms. The number of ether oxygens (including phenoxy) is 1. The van der Waals surface area contributed by atoms with Gasteiger partial charge in [-0.05, 0) is 69.7 Å². The lowest BCUT2D eigenvalue weighted by Gasteiger charge is -2.51. The van der Waals surface area contributed by atoms with E-state index in [4.69, 9.17) is 10.5 Å². The molecule has 0 heterocycles. The second-order valence-corrected chi connectivity index (χ2v) is 9.56. The van der Waals surface area contributed by atoms with Crippen LogP contribution in [0.5, 0.6) is 0 Å². The highest BCUT2D eigenvalue weighted by atomic mass is 16.6. The molecule has 0 saturated heterocycles. The monoisotopic (exact) mass is 333 g/mol. The minimum Gasteiger partial charge on any atom is -0.460 e. The Bertz CT molecular complexity index is 498. The van der Waals surface area contributed by atoms with Crippen molar-refractivity contribution in [2.75, 3.05) is 6.54 Å². The molecule has 3 rings (SSSR count). The number of carbonyl (C=O) groups is 1. The van der Waals surface area contributed by atoms with Crippen LogP contribution in [0.1, 0.15) is 78.6 Å². The predicted octanol–water partition coefficient (Wildman–Crippen LogP) is 4.60. The number of fused-ring (bicyclic) bond motifs is 1. The number of rotatable bonds is 5. The Labute approximate surface area is 147 Å². The summed E-state index contributed by atoms with van der Waals surface area (Å²) in [4.78, 5) is 12.3. The maximum Gasteiger partial charge on any atom is 0.306 e. The Kier molecular flexibility index (Phi) is 5.11. The van der Waals surface area contributed by atoms with Crippen molar-refractivity contribution >= 4 is 5.97 Å². The summed E-state index contributed by atoms with van der Waals surface area (Å²) in [7, 11) is 0. The zero-order valence-corrected chi connectivity index (χ0v) is 15.8. The average molecular weight is 334 g/mol. The van der Waals surface area contributed by atoms with Gasteiger partial charge in [-0.2, -0.15) is 0 Å². The molecule has 0 amide bonds. The summed E-state index contributed by atoms with van der Waals surface area (Å²) in [5, 5.41) is 0. The first-order valence-electron chi connectivity index (χ1n) is 9.93. The second kappa shape index (κ2) is 6.82. The maximum absolute atomic E-state index is 12.3. The van der Waals surface area contributed by atoms with Crippen LogP contribution < -0.4 is 5.73 Å². The molecule has 3 atom stereocenters. The standard InChI is InChI=1S/C21H35NO2/c1-20(2,3)24-19(23)13-21(14-22)12-17-10-16(11-18(17)21)9-15-7-5-4-6-8-15/h11,15,17-18H,4-10,12-14,22H2,1-3H3/t17-,18-,21-/m1/s1. The van der Waals surface area contributed by atoms with Gasteiger partial charge in [-0.1, -0.05) is 43.8 Å². The first kappa shape index (κ1) is 18.0. The lowest BCUT2D eigenvalue weighted by molar-refractivity contribution is -0.162. The van der Waals surface area contributed by atoms with E-state index in [2.05, 4.69) is 6.08 Å². The molecule has 2 N–H and O–H groups in total. The van der Waals surface area contributed by atoms with Crippen LogP contribution in [0.2, 0.25) is 0 Å². The fourth-order valence-electron chi connectivity index (χ4n) is 5.36. The number of hydrogen-bond donors (Lipinski definition) is 1. The van der Waals surface area contributed by atoms with Crippen molar-refractivity contribution in [3.8, 4) is 0 Å². The lowest BCUT2D eigenvalue weighted by Crippen LogP contribution is -2.51. The molecule has 3 aliphatic rings. The fraction of sp³-hybridized carbons (Fsp3) is 0.857. The molecule has 3 aliphatic carbocycles. The number of hydrogen-bond acceptors (Lipinski definition) is 3. The van der Waals surface area contributed by atoms with E-state index in [1.54, 1.807) is 5.57 Å². The second-order valence-electron chi connectivity index (χ2n) is 9.56. The van der Waals surface area contributed by atoms with Gasteiger partial charge in [0.1, 0.15) is 5.60 Å². The largest absolute Gasteiger partial charge is 0.460 e. The van der Waals surface area contributed by atoms with Crippen molar-refractivity contribution < 1.29 is 9.53 Å². The molecular formula is C21H35NO2. The smallest absolute Gasteiger partial charge is 0.306 e. The van der Waals surface area contributed by atoms with Crippen LogP contribution in [-0.4, -0.2) is 18.1 Å². The van der Waals surface area contributed by atoms with Crippen molar-refractivity contribution in [3.05, 3.63) is 11.6 Å². The van der Waals surface area contributed by atoms with Crippen molar-refractivity contribution in [2.45, 2.75) is 84.2 Å². The third-order valence-electron chi connectivity index (χ3n) is 6.42. The molecule has 2 saturated carbocycles. The molecule has 24 heavy (non-hydrogen) atoms. The topological polar surface area (TPSA) is 52.3 Å². The minimum absolute atomic E-state index is 0.0404. The van der Waals surface area contributed by atoms with Crippen LogP contribution in [0.15, 0.2) is 11.6 Å². The zero-order chi connectivity index (χ0) is 17.4. The minimum atomic E-state index is -0.409. The average Bonchev–Trinajstić information content (AvgIpc) is 2.82. The molecule has 0 aliphatic heterocycles. The Morgan fingerprint density at radius 1 is 1.29 bits per heavy atom. The van der Waals surface area contributed by atoms with E-state index in [-0.39, 0.29) is 11.4 Å². The normalized spacial score (nSPS) is 33.6. The maximum atomic E-state index is 12.3. The lowest BCUT2D eigenvalue weighted by atomic mass is 9.53. The van der Waals surface area contributed by atoms with E-state index < -0.39 is 5.60 Å². The number of carbonyl (C=O) groups excluding carboxylic acids is 1. The molecule has 0 aromatic rings. The van der Waals surface area contributed by atoms with Gasteiger partial charge in [0.15, 0.2) is 0 Å². The first-order chi connectivity index (χ1) is 11.3. The number of esters is 1. The molecule has 2 fully saturated rings. The molecule has 0 spiro atoms. The van der Waals surface area contributed by atoms with Crippen molar-refractivity contribution in [1.29, 1.82) is 0 Å². The predicted molar refractivity (Wildman–Crippen MR) is 97.4 cm³/mol. The number of nitrogens with two attached hydrogens (primary N) is 1. The molecule has 0 aromatic heterocycles. The molecular weight excluding hydrogens is 298 g/mol. The van der Waals surface area contributed by atoms with Gasteiger partial charge >= 0.3 is 5.97 Å². The Hall–Kier alpha value is -0.830. The quantitative estimate of drug-likeness (QED) is 0.591. The SMILES string of the molecule is CC(C)(C)OC(=O)C[C@@]1(CN)C[C@H]2CC(CC3CCCCC3)=C[C@H]21. The highest BCUT2D eigenvalue weighted by Gasteiger charge is 2.55. The van der Waals surface area contributed by atoms with Crippen LogP contribution >= 0.6 is 0 Å². The third-order valence-corrected chi connectivity index (χ3v) is 6.42. The van der Waals surface area contributed by atoms with Crippen molar-refractivity contribution in [3.63, 3.8) is 0 Å². The molecule has 0 unspecified atom stereocenters.